The number of aryl methyl sites for hydroxylation is 1. The predicted molar refractivity (Wildman–Crippen MR) is 91.3 cm³/mol. The maximum absolute atomic E-state index is 12.8. The fourth-order valence-corrected chi connectivity index (χ4v) is 3.06. The zero-order valence-corrected chi connectivity index (χ0v) is 13.8. The average Bonchev–Trinajstić information content (AvgIpc) is 2.84. The maximum Gasteiger partial charge on any atom is 0.229 e. The van der Waals surface area contributed by atoms with Gasteiger partial charge in [0.25, 0.3) is 0 Å². The molecule has 0 amide bonds. The highest BCUT2D eigenvalue weighted by Gasteiger charge is 2.19. The molecule has 3 aromatic rings. The molecule has 3 rings (SSSR count). The van der Waals surface area contributed by atoms with Gasteiger partial charge in [0.1, 0.15) is 17.8 Å². The molecule has 0 radical (unpaired) electrons. The van der Waals surface area contributed by atoms with Gasteiger partial charge in [-0.05, 0) is 12.1 Å². The number of sulfonamides is 1. The third kappa shape index (κ3) is 2.93. The lowest BCUT2D eigenvalue weighted by molar-refractivity contribution is 0.104. The summed E-state index contributed by atoms with van der Waals surface area (Å²) in [6.45, 7) is 0. The van der Waals surface area contributed by atoms with Crippen molar-refractivity contribution in [1.29, 1.82) is 0 Å². The first-order valence-corrected chi connectivity index (χ1v) is 8.83. The molecule has 2 heterocycles. The smallest absolute Gasteiger partial charge is 0.229 e. The molecule has 0 aliphatic carbocycles. The molecule has 0 aliphatic rings. The fourth-order valence-electron chi connectivity index (χ4n) is 2.50. The van der Waals surface area contributed by atoms with Gasteiger partial charge in [-0.25, -0.2) is 18.4 Å². The summed E-state index contributed by atoms with van der Waals surface area (Å²) < 4.78 is 26.7. The lowest BCUT2D eigenvalue weighted by Crippen LogP contribution is -2.10. The zero-order chi connectivity index (χ0) is 17.5. The first-order valence-electron chi connectivity index (χ1n) is 6.94. The number of rotatable bonds is 4. The lowest BCUT2D eigenvalue weighted by atomic mass is 10.0. The molecule has 0 unspecified atom stereocenters. The van der Waals surface area contributed by atoms with Gasteiger partial charge in [0, 0.05) is 24.5 Å². The molecule has 0 spiro atoms. The van der Waals surface area contributed by atoms with Crippen molar-refractivity contribution in [3.63, 3.8) is 0 Å². The number of carbonyl (C=O) groups is 1. The monoisotopic (exact) mass is 345 g/mol. The van der Waals surface area contributed by atoms with Gasteiger partial charge in [0.15, 0.2) is 5.78 Å². The molecular formula is C15H15N5O3S. The topological polar surface area (TPSA) is 120 Å². The summed E-state index contributed by atoms with van der Waals surface area (Å²) in [4.78, 5) is 20.9. The Bertz CT molecular complexity index is 1060. The number of benzene rings is 1. The first-order chi connectivity index (χ1) is 11.3. The number of nitrogens with one attached hydrogen (secondary N) is 1. The molecular weight excluding hydrogens is 330 g/mol. The fraction of sp³-hybridized carbons (Fsp3) is 0.133. The molecule has 8 nitrogen and oxygen atoms in total. The van der Waals surface area contributed by atoms with Crippen molar-refractivity contribution in [2.24, 2.45) is 7.05 Å². The van der Waals surface area contributed by atoms with E-state index >= 15 is 0 Å². The Morgan fingerprint density at radius 3 is 2.75 bits per heavy atom. The van der Waals surface area contributed by atoms with Crippen molar-refractivity contribution in [2.75, 3.05) is 16.7 Å². The number of nitrogen functional groups attached to an aromatic ring is 1. The summed E-state index contributed by atoms with van der Waals surface area (Å²) in [5.74, 6) is -0.0754. The van der Waals surface area contributed by atoms with Crippen LogP contribution in [0.5, 0.6) is 0 Å². The highest BCUT2D eigenvalue weighted by Crippen LogP contribution is 2.26. The second-order valence-corrected chi connectivity index (χ2v) is 7.14. The van der Waals surface area contributed by atoms with E-state index in [0.717, 1.165) is 6.26 Å². The Morgan fingerprint density at radius 2 is 2.04 bits per heavy atom. The van der Waals surface area contributed by atoms with Crippen LogP contribution in [0.3, 0.4) is 0 Å². The number of carbonyl (C=O) groups excluding carboxylic acids is 1. The second-order valence-electron chi connectivity index (χ2n) is 5.40. The molecule has 1 aromatic carbocycles. The minimum Gasteiger partial charge on any atom is -0.383 e. The summed E-state index contributed by atoms with van der Waals surface area (Å²) >= 11 is 0. The van der Waals surface area contributed by atoms with Crippen molar-refractivity contribution >= 4 is 38.3 Å². The van der Waals surface area contributed by atoms with Crippen LogP contribution in [-0.4, -0.2) is 35.0 Å². The first kappa shape index (κ1) is 15.9. The Morgan fingerprint density at radius 1 is 1.29 bits per heavy atom. The van der Waals surface area contributed by atoms with Gasteiger partial charge in [0.05, 0.1) is 17.2 Å². The van der Waals surface area contributed by atoms with E-state index in [1.807, 2.05) is 0 Å². The standard InChI is InChI=1S/C15H15N5O3S/c1-20-7-11(12-14(16)17-8-18-15(12)20)13(21)9-4-3-5-10(6-9)19-24(2,22)23/h3-8,19H,1-2H3,(H2,16,17,18). The highest BCUT2D eigenvalue weighted by molar-refractivity contribution is 7.92. The molecule has 2 aromatic heterocycles. The van der Waals surface area contributed by atoms with Crippen molar-refractivity contribution in [3.8, 4) is 0 Å². The predicted octanol–water partition coefficient (Wildman–Crippen LogP) is 1.15. The van der Waals surface area contributed by atoms with Crippen LogP contribution in [0.2, 0.25) is 0 Å². The van der Waals surface area contributed by atoms with E-state index in [1.165, 1.54) is 12.4 Å². The van der Waals surface area contributed by atoms with Crippen LogP contribution >= 0.6 is 0 Å². The molecule has 0 atom stereocenters. The number of hydrogen-bond donors (Lipinski definition) is 2. The Balaban J connectivity index is 2.09. The SMILES string of the molecule is Cn1cc(C(=O)c2cccc(NS(C)(=O)=O)c2)c2c(N)ncnc21. The minimum atomic E-state index is -3.43. The van der Waals surface area contributed by atoms with Gasteiger partial charge < -0.3 is 10.3 Å². The van der Waals surface area contributed by atoms with Gasteiger partial charge >= 0.3 is 0 Å². The van der Waals surface area contributed by atoms with E-state index in [-0.39, 0.29) is 11.6 Å². The largest absolute Gasteiger partial charge is 0.383 e. The number of nitrogens with two attached hydrogens (primary N) is 1. The van der Waals surface area contributed by atoms with Gasteiger partial charge in [-0.2, -0.15) is 0 Å². The molecule has 0 saturated heterocycles. The normalized spacial score (nSPS) is 11.6. The number of ketones is 1. The summed E-state index contributed by atoms with van der Waals surface area (Å²) in [6.07, 6.45) is 4.02. The zero-order valence-electron chi connectivity index (χ0n) is 13.0. The number of aromatic nitrogens is 3. The number of fused-ring (bicyclic) bond motifs is 1. The Hall–Kier alpha value is -2.94. The van der Waals surface area contributed by atoms with E-state index in [2.05, 4.69) is 14.7 Å². The van der Waals surface area contributed by atoms with Gasteiger partial charge in [-0.1, -0.05) is 12.1 Å². The quantitative estimate of drug-likeness (QED) is 0.685. The molecule has 0 saturated carbocycles. The Labute approximate surface area is 138 Å². The summed E-state index contributed by atoms with van der Waals surface area (Å²) in [5, 5.41) is 0.478. The third-order valence-electron chi connectivity index (χ3n) is 3.46. The van der Waals surface area contributed by atoms with Crippen molar-refractivity contribution < 1.29 is 13.2 Å². The van der Waals surface area contributed by atoms with E-state index in [4.69, 9.17) is 5.73 Å². The minimum absolute atomic E-state index is 0.217. The Kier molecular flexibility index (Phi) is 3.72. The van der Waals surface area contributed by atoms with Crippen molar-refractivity contribution in [3.05, 3.63) is 47.9 Å². The average molecular weight is 345 g/mol. The molecule has 0 aliphatic heterocycles. The third-order valence-corrected chi connectivity index (χ3v) is 4.06. The van der Waals surface area contributed by atoms with E-state index < -0.39 is 10.0 Å². The molecule has 0 fully saturated rings. The van der Waals surface area contributed by atoms with Crippen LogP contribution in [0.25, 0.3) is 11.0 Å². The van der Waals surface area contributed by atoms with Crippen LogP contribution in [0.15, 0.2) is 36.8 Å². The van der Waals surface area contributed by atoms with Crippen LogP contribution < -0.4 is 10.5 Å². The molecule has 24 heavy (non-hydrogen) atoms. The molecule has 9 heteroatoms. The maximum atomic E-state index is 12.8. The van der Waals surface area contributed by atoms with Gasteiger partial charge in [0.2, 0.25) is 10.0 Å². The van der Waals surface area contributed by atoms with Crippen molar-refractivity contribution in [1.82, 2.24) is 14.5 Å². The van der Waals surface area contributed by atoms with Gasteiger partial charge in [-0.3, -0.25) is 9.52 Å². The highest BCUT2D eigenvalue weighted by atomic mass is 32.2. The van der Waals surface area contributed by atoms with Crippen LogP contribution in [0.4, 0.5) is 11.5 Å². The number of nitrogens with zero attached hydrogens (tertiary/aromatic N) is 3. The number of anilines is 2. The lowest BCUT2D eigenvalue weighted by Gasteiger charge is -2.06. The molecule has 3 N–H and O–H groups in total. The summed E-state index contributed by atoms with van der Waals surface area (Å²) in [6, 6.07) is 6.25. The number of hydrogen-bond acceptors (Lipinski definition) is 6. The van der Waals surface area contributed by atoms with Crippen LogP contribution in [0, 0.1) is 0 Å². The molecule has 0 bridgehead atoms. The second kappa shape index (κ2) is 5.60. The van der Waals surface area contributed by atoms with E-state index in [9.17, 15) is 13.2 Å². The summed E-state index contributed by atoms with van der Waals surface area (Å²) in [7, 11) is -1.67. The van der Waals surface area contributed by atoms with Crippen molar-refractivity contribution in [2.45, 2.75) is 0 Å². The van der Waals surface area contributed by atoms with Crippen LogP contribution in [-0.2, 0) is 17.1 Å². The van der Waals surface area contributed by atoms with E-state index in [0.29, 0.717) is 27.8 Å². The van der Waals surface area contributed by atoms with Crippen LogP contribution in [0.1, 0.15) is 15.9 Å². The summed E-state index contributed by atoms with van der Waals surface area (Å²) in [5.41, 5.74) is 7.45. The molecule has 124 valence electrons. The van der Waals surface area contributed by atoms with Gasteiger partial charge in [-0.15, -0.1) is 0 Å². The van der Waals surface area contributed by atoms with E-state index in [1.54, 1.807) is 36.0 Å².